The van der Waals surface area contributed by atoms with E-state index in [1.54, 1.807) is 0 Å². The molecular weight excluding hydrogens is 262 g/mol. The Morgan fingerprint density at radius 1 is 0.500 bits per heavy atom. The summed E-state index contributed by atoms with van der Waals surface area (Å²) in [7, 11) is 0. The Kier molecular flexibility index (Phi) is 6.15. The molecule has 3 aliphatic rings. The van der Waals surface area contributed by atoms with Crippen molar-refractivity contribution in [2.75, 3.05) is 0 Å². The highest BCUT2D eigenvalue weighted by Crippen LogP contribution is 2.39. The maximum Gasteiger partial charge on any atom is 0.0205 e. The molecule has 0 aliphatic heterocycles. The molecule has 0 aromatic heterocycles. The van der Waals surface area contributed by atoms with Crippen LogP contribution in [-0.2, 0) is 0 Å². The van der Waals surface area contributed by atoms with Gasteiger partial charge in [-0.15, -0.1) is 0 Å². The first-order valence-electron chi connectivity index (χ1n) is 9.38. The molecule has 1 nitrogen and oxygen atoms in total. The third kappa shape index (κ3) is 4.16. The highest BCUT2D eigenvalue weighted by Gasteiger charge is 2.31. The van der Waals surface area contributed by atoms with Gasteiger partial charge in [0.05, 0.1) is 0 Å². The van der Waals surface area contributed by atoms with Gasteiger partial charge in [0.1, 0.15) is 0 Å². The summed E-state index contributed by atoms with van der Waals surface area (Å²) in [5.41, 5.74) is 0. The molecule has 0 aromatic carbocycles. The summed E-state index contributed by atoms with van der Waals surface area (Å²) in [6.07, 6.45) is 22.3. The van der Waals surface area contributed by atoms with E-state index in [0.717, 1.165) is 17.3 Å². The van der Waals surface area contributed by atoms with Crippen molar-refractivity contribution in [3.8, 4) is 0 Å². The van der Waals surface area contributed by atoms with Crippen molar-refractivity contribution in [2.45, 2.75) is 114 Å². The Hall–Kier alpha value is 0.310. The number of rotatable bonds is 4. The molecule has 3 saturated carbocycles. The topological polar surface area (TPSA) is 3.24 Å². The first-order valence-corrected chi connectivity index (χ1v) is 10.2. The van der Waals surface area contributed by atoms with Crippen molar-refractivity contribution in [2.24, 2.45) is 0 Å². The molecule has 0 amide bonds. The standard InChI is InChI=1S/C18H33NS/c1-4-10-16(11-5-1)19(17-12-6-2-7-13-17)20-18-14-8-3-9-15-18/h16-18H,1-15H2. The van der Waals surface area contributed by atoms with E-state index < -0.39 is 0 Å². The molecule has 0 N–H and O–H groups in total. The molecule has 0 atom stereocenters. The van der Waals surface area contributed by atoms with E-state index >= 15 is 0 Å². The third-order valence-electron chi connectivity index (χ3n) is 5.69. The van der Waals surface area contributed by atoms with E-state index in [-0.39, 0.29) is 0 Å². The van der Waals surface area contributed by atoms with Gasteiger partial charge in [-0.25, -0.2) is 4.31 Å². The molecule has 20 heavy (non-hydrogen) atoms. The van der Waals surface area contributed by atoms with Gasteiger partial charge in [0.15, 0.2) is 0 Å². The van der Waals surface area contributed by atoms with E-state index in [1.807, 2.05) is 0 Å². The smallest absolute Gasteiger partial charge is 0.0205 e. The minimum Gasteiger partial charge on any atom is -0.244 e. The van der Waals surface area contributed by atoms with E-state index in [4.69, 9.17) is 0 Å². The normalized spacial score (nSPS) is 28.1. The van der Waals surface area contributed by atoms with Gasteiger partial charge in [-0.3, -0.25) is 0 Å². The molecule has 2 heteroatoms. The highest BCUT2D eigenvalue weighted by atomic mass is 32.2. The van der Waals surface area contributed by atoms with Crippen LogP contribution in [0, 0.1) is 0 Å². The summed E-state index contributed by atoms with van der Waals surface area (Å²) in [6.45, 7) is 0. The molecule has 116 valence electrons. The van der Waals surface area contributed by atoms with Crippen LogP contribution in [0.5, 0.6) is 0 Å². The SMILES string of the molecule is C1CCC(SN(C2CCCCC2)C2CCCCC2)CC1. The quantitative estimate of drug-likeness (QED) is 0.591. The Morgan fingerprint density at radius 2 is 0.900 bits per heavy atom. The second-order valence-corrected chi connectivity index (χ2v) is 8.61. The fourth-order valence-corrected chi connectivity index (χ4v) is 6.14. The maximum atomic E-state index is 2.95. The van der Waals surface area contributed by atoms with E-state index in [1.165, 1.54) is 96.3 Å². The molecule has 0 aromatic rings. The molecule has 0 radical (unpaired) electrons. The lowest BCUT2D eigenvalue weighted by Gasteiger charge is -2.42. The summed E-state index contributed by atoms with van der Waals surface area (Å²) in [4.78, 5) is 0. The van der Waals surface area contributed by atoms with Crippen LogP contribution in [0.3, 0.4) is 0 Å². The second kappa shape index (κ2) is 8.08. The van der Waals surface area contributed by atoms with Crippen LogP contribution in [0.1, 0.15) is 96.3 Å². The summed E-state index contributed by atoms with van der Waals surface area (Å²) < 4.78 is 2.95. The Bertz CT molecular complexity index is 245. The van der Waals surface area contributed by atoms with Crippen molar-refractivity contribution < 1.29 is 0 Å². The average molecular weight is 296 g/mol. The van der Waals surface area contributed by atoms with Crippen LogP contribution < -0.4 is 0 Å². The largest absolute Gasteiger partial charge is 0.244 e. The van der Waals surface area contributed by atoms with Crippen LogP contribution in [0.25, 0.3) is 0 Å². The van der Waals surface area contributed by atoms with Crippen molar-refractivity contribution >= 4 is 11.9 Å². The van der Waals surface area contributed by atoms with Gasteiger partial charge in [-0.1, -0.05) is 69.7 Å². The lowest BCUT2D eigenvalue weighted by molar-refractivity contribution is 0.183. The summed E-state index contributed by atoms with van der Waals surface area (Å²) in [5, 5.41) is 0.951. The first-order chi connectivity index (χ1) is 9.93. The third-order valence-corrected chi connectivity index (χ3v) is 7.30. The van der Waals surface area contributed by atoms with Gasteiger partial charge in [0.25, 0.3) is 0 Å². The molecule has 0 bridgehead atoms. The lowest BCUT2D eigenvalue weighted by Crippen LogP contribution is -2.42. The Morgan fingerprint density at radius 3 is 1.35 bits per heavy atom. The van der Waals surface area contributed by atoms with E-state index in [0.29, 0.717) is 0 Å². The van der Waals surface area contributed by atoms with Crippen LogP contribution in [-0.4, -0.2) is 21.6 Å². The second-order valence-electron chi connectivity index (χ2n) is 7.31. The molecular formula is C18H33NS. The minimum absolute atomic E-state index is 0.916. The Labute approximate surface area is 130 Å². The maximum absolute atomic E-state index is 2.95. The fourth-order valence-electron chi connectivity index (χ4n) is 4.48. The molecule has 0 spiro atoms. The molecule has 3 aliphatic carbocycles. The van der Waals surface area contributed by atoms with Crippen LogP contribution in [0.2, 0.25) is 0 Å². The van der Waals surface area contributed by atoms with Gasteiger partial charge < -0.3 is 0 Å². The zero-order chi connectivity index (χ0) is 13.6. The molecule has 0 unspecified atom stereocenters. The van der Waals surface area contributed by atoms with Gasteiger partial charge in [-0.2, -0.15) is 0 Å². The number of nitrogens with zero attached hydrogens (tertiary/aromatic N) is 1. The van der Waals surface area contributed by atoms with Crippen molar-refractivity contribution in [1.29, 1.82) is 0 Å². The first kappa shape index (κ1) is 15.2. The molecule has 0 heterocycles. The van der Waals surface area contributed by atoms with Gasteiger partial charge in [-0.05, 0) is 38.5 Å². The molecule has 3 fully saturated rings. The fraction of sp³-hybridized carbons (Fsp3) is 1.00. The zero-order valence-corrected chi connectivity index (χ0v) is 14.0. The van der Waals surface area contributed by atoms with Crippen LogP contribution in [0.4, 0.5) is 0 Å². The van der Waals surface area contributed by atoms with Crippen LogP contribution >= 0.6 is 11.9 Å². The molecule has 0 saturated heterocycles. The predicted molar refractivity (Wildman–Crippen MR) is 90.0 cm³/mol. The van der Waals surface area contributed by atoms with E-state index in [9.17, 15) is 0 Å². The van der Waals surface area contributed by atoms with E-state index in [2.05, 4.69) is 16.3 Å². The van der Waals surface area contributed by atoms with Crippen molar-refractivity contribution in [3.05, 3.63) is 0 Å². The van der Waals surface area contributed by atoms with Gasteiger partial charge in [0, 0.05) is 17.3 Å². The van der Waals surface area contributed by atoms with Crippen molar-refractivity contribution in [3.63, 3.8) is 0 Å². The predicted octanol–water partition coefficient (Wildman–Crippen LogP) is 5.93. The summed E-state index contributed by atoms with van der Waals surface area (Å²) >= 11 is 2.31. The average Bonchev–Trinajstić information content (AvgIpc) is 2.55. The summed E-state index contributed by atoms with van der Waals surface area (Å²) in [6, 6.07) is 1.83. The van der Waals surface area contributed by atoms with Crippen molar-refractivity contribution in [1.82, 2.24) is 4.31 Å². The highest BCUT2D eigenvalue weighted by molar-refractivity contribution is 7.97. The summed E-state index contributed by atoms with van der Waals surface area (Å²) in [5.74, 6) is 0. The zero-order valence-electron chi connectivity index (χ0n) is 13.2. The number of hydrogen-bond donors (Lipinski definition) is 0. The molecule has 3 rings (SSSR count). The van der Waals surface area contributed by atoms with Gasteiger partial charge >= 0.3 is 0 Å². The van der Waals surface area contributed by atoms with Gasteiger partial charge in [0.2, 0.25) is 0 Å². The monoisotopic (exact) mass is 295 g/mol. The number of hydrogen-bond acceptors (Lipinski definition) is 2. The lowest BCUT2D eigenvalue weighted by atomic mass is 9.91. The minimum atomic E-state index is 0.916. The Balaban J connectivity index is 1.61. The van der Waals surface area contributed by atoms with Crippen LogP contribution in [0.15, 0.2) is 0 Å².